The molecule has 1 saturated carbocycles. The summed E-state index contributed by atoms with van der Waals surface area (Å²) >= 11 is 0. The predicted octanol–water partition coefficient (Wildman–Crippen LogP) is 3.45. The van der Waals surface area contributed by atoms with E-state index in [-0.39, 0.29) is 29.1 Å². The zero-order chi connectivity index (χ0) is 23.1. The van der Waals surface area contributed by atoms with Crippen LogP contribution in [0.3, 0.4) is 0 Å². The minimum Gasteiger partial charge on any atom is -0.325 e. The summed E-state index contributed by atoms with van der Waals surface area (Å²) in [6, 6.07) is 9.19. The van der Waals surface area contributed by atoms with E-state index in [9.17, 15) is 17.6 Å². The standard InChI is InChI=1S/C22H24FN5O3S/c1-14-6-7-15(2)20(12-14)32(30,31)22(10-4-5-11-22)21(29)24-17-8-9-18(23)19(13-17)28-16(3)25-26-27-28/h6-9,12-13H,4-5,10-11H2,1-3H3,(H,24,29). The van der Waals surface area contributed by atoms with E-state index in [0.717, 1.165) is 5.56 Å². The minimum atomic E-state index is -3.96. The Bertz CT molecular complexity index is 1300. The van der Waals surface area contributed by atoms with Crippen LogP contribution in [0.15, 0.2) is 41.3 Å². The normalized spacial score (nSPS) is 15.6. The van der Waals surface area contributed by atoms with Crippen LogP contribution < -0.4 is 5.32 Å². The number of benzene rings is 2. The number of amides is 1. The van der Waals surface area contributed by atoms with Gasteiger partial charge in [-0.3, -0.25) is 4.79 Å². The van der Waals surface area contributed by atoms with Crippen LogP contribution in [-0.2, 0) is 14.6 Å². The van der Waals surface area contributed by atoms with Crippen molar-refractivity contribution in [2.75, 3.05) is 5.32 Å². The van der Waals surface area contributed by atoms with Crippen molar-refractivity contribution in [2.45, 2.75) is 56.1 Å². The van der Waals surface area contributed by atoms with Crippen LogP contribution in [0.25, 0.3) is 5.69 Å². The quantitative estimate of drug-likeness (QED) is 0.629. The molecule has 0 unspecified atom stereocenters. The van der Waals surface area contributed by atoms with Crippen LogP contribution in [0.5, 0.6) is 0 Å². The number of tetrazole rings is 1. The zero-order valence-corrected chi connectivity index (χ0v) is 18.9. The van der Waals surface area contributed by atoms with Gasteiger partial charge in [0, 0.05) is 5.69 Å². The van der Waals surface area contributed by atoms with Crippen molar-refractivity contribution in [1.29, 1.82) is 0 Å². The second-order valence-electron chi connectivity index (χ2n) is 8.23. The highest BCUT2D eigenvalue weighted by Crippen LogP contribution is 2.42. The smallest absolute Gasteiger partial charge is 0.246 e. The van der Waals surface area contributed by atoms with E-state index in [1.54, 1.807) is 26.0 Å². The molecule has 4 rings (SSSR count). The molecule has 168 valence electrons. The second-order valence-corrected chi connectivity index (χ2v) is 10.5. The number of hydrogen-bond acceptors (Lipinski definition) is 6. The Kier molecular flexibility index (Phi) is 5.58. The third-order valence-corrected chi connectivity index (χ3v) is 8.67. The minimum absolute atomic E-state index is 0.0585. The fourth-order valence-corrected chi connectivity index (χ4v) is 6.60. The summed E-state index contributed by atoms with van der Waals surface area (Å²) in [5.74, 6) is -0.809. The summed E-state index contributed by atoms with van der Waals surface area (Å²) in [5.41, 5.74) is 1.74. The van der Waals surface area contributed by atoms with E-state index < -0.39 is 26.3 Å². The lowest BCUT2D eigenvalue weighted by molar-refractivity contribution is -0.118. The number of anilines is 1. The fraction of sp³-hybridized carbons (Fsp3) is 0.364. The Hall–Kier alpha value is -3.14. The van der Waals surface area contributed by atoms with Gasteiger partial charge < -0.3 is 5.32 Å². The molecule has 1 aliphatic carbocycles. The van der Waals surface area contributed by atoms with Crippen LogP contribution >= 0.6 is 0 Å². The average molecular weight is 458 g/mol. The molecule has 1 fully saturated rings. The number of nitrogens with zero attached hydrogens (tertiary/aromatic N) is 4. The van der Waals surface area contributed by atoms with Crippen molar-refractivity contribution in [3.05, 3.63) is 59.2 Å². The van der Waals surface area contributed by atoms with E-state index in [2.05, 4.69) is 20.8 Å². The van der Waals surface area contributed by atoms with Crippen LogP contribution in [0.2, 0.25) is 0 Å². The largest absolute Gasteiger partial charge is 0.325 e. The van der Waals surface area contributed by atoms with Gasteiger partial charge in [0.2, 0.25) is 5.91 Å². The van der Waals surface area contributed by atoms with Crippen molar-refractivity contribution < 1.29 is 17.6 Å². The number of nitrogens with one attached hydrogen (secondary N) is 1. The van der Waals surface area contributed by atoms with Gasteiger partial charge in [0.25, 0.3) is 0 Å². The van der Waals surface area contributed by atoms with Crippen molar-refractivity contribution in [3.63, 3.8) is 0 Å². The van der Waals surface area contributed by atoms with Crippen molar-refractivity contribution in [3.8, 4) is 5.69 Å². The molecule has 1 N–H and O–H groups in total. The van der Waals surface area contributed by atoms with E-state index in [1.807, 2.05) is 13.0 Å². The Morgan fingerprint density at radius 2 is 1.81 bits per heavy atom. The zero-order valence-electron chi connectivity index (χ0n) is 18.1. The Labute approximate surface area is 185 Å². The molecule has 1 heterocycles. The van der Waals surface area contributed by atoms with Gasteiger partial charge in [0.15, 0.2) is 20.4 Å². The van der Waals surface area contributed by atoms with Gasteiger partial charge in [-0.25, -0.2) is 12.8 Å². The first-order chi connectivity index (χ1) is 15.2. The highest BCUT2D eigenvalue weighted by molar-refractivity contribution is 7.93. The third kappa shape index (κ3) is 3.58. The van der Waals surface area contributed by atoms with Gasteiger partial charge in [-0.05, 0) is 79.4 Å². The molecule has 1 aromatic heterocycles. The van der Waals surface area contributed by atoms with Crippen molar-refractivity contribution in [2.24, 2.45) is 0 Å². The summed E-state index contributed by atoms with van der Waals surface area (Å²) in [4.78, 5) is 13.7. The fourth-order valence-electron chi connectivity index (χ4n) is 4.22. The summed E-state index contributed by atoms with van der Waals surface area (Å²) in [5, 5.41) is 13.7. The Morgan fingerprint density at radius 1 is 1.09 bits per heavy atom. The molecule has 0 radical (unpaired) electrons. The molecule has 0 atom stereocenters. The van der Waals surface area contributed by atoms with Gasteiger partial charge in [0.05, 0.1) is 4.90 Å². The maximum absolute atomic E-state index is 14.4. The molecular weight excluding hydrogens is 433 g/mol. The number of carbonyl (C=O) groups is 1. The number of rotatable bonds is 5. The van der Waals surface area contributed by atoms with Gasteiger partial charge in [-0.2, -0.15) is 4.68 Å². The summed E-state index contributed by atoms with van der Waals surface area (Å²) in [6.07, 6.45) is 1.73. The van der Waals surface area contributed by atoms with Crippen LogP contribution in [0, 0.1) is 26.6 Å². The van der Waals surface area contributed by atoms with Crippen molar-refractivity contribution in [1.82, 2.24) is 20.2 Å². The lowest BCUT2D eigenvalue weighted by atomic mass is 10.1. The first-order valence-corrected chi connectivity index (χ1v) is 11.8. The molecule has 3 aromatic rings. The number of sulfone groups is 1. The molecule has 10 heteroatoms. The third-order valence-electron chi connectivity index (χ3n) is 6.03. The maximum Gasteiger partial charge on any atom is 0.246 e. The molecule has 0 aliphatic heterocycles. The van der Waals surface area contributed by atoms with E-state index >= 15 is 0 Å². The lowest BCUT2D eigenvalue weighted by Crippen LogP contribution is -2.47. The number of hydrogen-bond donors (Lipinski definition) is 1. The van der Waals surface area contributed by atoms with E-state index in [1.165, 1.54) is 22.9 Å². The molecule has 1 aliphatic rings. The molecule has 32 heavy (non-hydrogen) atoms. The molecule has 1 amide bonds. The van der Waals surface area contributed by atoms with Gasteiger partial charge in [-0.15, -0.1) is 5.10 Å². The molecule has 0 bridgehead atoms. The van der Waals surface area contributed by atoms with Crippen LogP contribution in [0.1, 0.15) is 42.6 Å². The van der Waals surface area contributed by atoms with E-state index in [4.69, 9.17) is 0 Å². The molecular formula is C22H24FN5O3S. The summed E-state index contributed by atoms with van der Waals surface area (Å²) in [7, 11) is -3.96. The highest BCUT2D eigenvalue weighted by Gasteiger charge is 2.53. The van der Waals surface area contributed by atoms with Gasteiger partial charge in [-0.1, -0.05) is 25.0 Å². The Morgan fingerprint density at radius 3 is 2.47 bits per heavy atom. The molecule has 0 saturated heterocycles. The van der Waals surface area contributed by atoms with Crippen LogP contribution in [-0.4, -0.2) is 39.3 Å². The first kappa shape index (κ1) is 22.1. The lowest BCUT2D eigenvalue weighted by Gasteiger charge is -2.28. The number of aromatic nitrogens is 4. The average Bonchev–Trinajstić information content (AvgIpc) is 3.41. The number of carbonyl (C=O) groups excluding carboxylic acids is 1. The van der Waals surface area contributed by atoms with E-state index in [0.29, 0.717) is 24.2 Å². The summed E-state index contributed by atoms with van der Waals surface area (Å²) < 4.78 is 41.6. The first-order valence-electron chi connectivity index (χ1n) is 10.3. The number of aryl methyl sites for hydroxylation is 3. The predicted molar refractivity (Wildman–Crippen MR) is 117 cm³/mol. The van der Waals surface area contributed by atoms with Gasteiger partial charge in [0.1, 0.15) is 11.5 Å². The SMILES string of the molecule is Cc1ccc(C)c(S(=O)(=O)C2(C(=O)Nc3ccc(F)c(-n4nnnc4C)c3)CCCC2)c1. The summed E-state index contributed by atoms with van der Waals surface area (Å²) in [6.45, 7) is 5.17. The Balaban J connectivity index is 1.73. The second kappa shape index (κ2) is 8.09. The van der Waals surface area contributed by atoms with Crippen molar-refractivity contribution >= 4 is 21.4 Å². The number of halogens is 1. The van der Waals surface area contributed by atoms with Crippen LogP contribution in [0.4, 0.5) is 10.1 Å². The maximum atomic E-state index is 14.4. The monoisotopic (exact) mass is 457 g/mol. The highest BCUT2D eigenvalue weighted by atomic mass is 32.2. The molecule has 8 nitrogen and oxygen atoms in total. The topological polar surface area (TPSA) is 107 Å². The van der Waals surface area contributed by atoms with Gasteiger partial charge >= 0.3 is 0 Å². The molecule has 2 aromatic carbocycles. The molecule has 0 spiro atoms.